The lowest BCUT2D eigenvalue weighted by molar-refractivity contribution is 0.0380. The van der Waals surface area contributed by atoms with E-state index in [-0.39, 0.29) is 0 Å². The molecule has 0 unspecified atom stereocenters. The van der Waals surface area contributed by atoms with Crippen molar-refractivity contribution in [2.45, 2.75) is 51.0 Å². The Hall–Kier alpha value is -1.16. The van der Waals surface area contributed by atoms with Crippen molar-refractivity contribution in [3.05, 3.63) is 18.1 Å². The molecule has 0 amide bonds. The van der Waals surface area contributed by atoms with Gasteiger partial charge >= 0.3 is 0 Å². The Kier molecular flexibility index (Phi) is 3.94. The van der Waals surface area contributed by atoms with Gasteiger partial charge in [-0.3, -0.25) is 0 Å². The summed E-state index contributed by atoms with van der Waals surface area (Å²) in [5, 5.41) is 13.7. The molecule has 1 aliphatic rings. The average Bonchev–Trinajstić information content (AvgIpc) is 2.53. The maximum Gasteiger partial charge on any atom is 0.129 e. The van der Waals surface area contributed by atoms with E-state index in [0.717, 1.165) is 37.3 Å². The predicted molar refractivity (Wildman–Crippen MR) is 67.9 cm³/mol. The Morgan fingerprint density at radius 2 is 2.00 bits per heavy atom. The zero-order valence-electron chi connectivity index (χ0n) is 10.4. The largest absolute Gasteiger partial charge is 0.388 e. The fourth-order valence-electron chi connectivity index (χ4n) is 2.37. The third kappa shape index (κ3) is 3.66. The molecule has 0 saturated heterocycles. The Labute approximate surface area is 102 Å². The van der Waals surface area contributed by atoms with Crippen LogP contribution in [0.4, 0.5) is 5.82 Å². The molecule has 1 heterocycles. The molecular weight excluding hydrogens is 214 g/mol. The number of nitrogens with one attached hydrogen (secondary N) is 1. The molecule has 4 heteroatoms. The maximum atomic E-state index is 10.5. The van der Waals surface area contributed by atoms with Crippen LogP contribution in [0.25, 0.3) is 0 Å². The van der Waals surface area contributed by atoms with Crippen LogP contribution in [0.15, 0.2) is 12.3 Å². The number of hydrogen-bond donors (Lipinski definition) is 2. The van der Waals surface area contributed by atoms with Gasteiger partial charge in [-0.2, -0.15) is 0 Å². The third-order valence-corrected chi connectivity index (χ3v) is 3.41. The second kappa shape index (κ2) is 5.45. The monoisotopic (exact) mass is 235 g/mol. The van der Waals surface area contributed by atoms with Crippen LogP contribution >= 0.6 is 0 Å². The molecule has 0 spiro atoms. The minimum Gasteiger partial charge on any atom is -0.388 e. The van der Waals surface area contributed by atoms with Gasteiger partial charge in [0.25, 0.3) is 0 Å². The highest BCUT2D eigenvalue weighted by Crippen LogP contribution is 2.27. The normalized spacial score (nSPS) is 19.6. The van der Waals surface area contributed by atoms with E-state index in [4.69, 9.17) is 0 Å². The van der Waals surface area contributed by atoms with Crippen molar-refractivity contribution in [1.82, 2.24) is 9.97 Å². The number of aryl methyl sites for hydroxylation is 1. The first-order valence-corrected chi connectivity index (χ1v) is 6.44. The minimum atomic E-state index is -0.560. The lowest BCUT2D eigenvalue weighted by atomic mass is 9.94. The second-order valence-electron chi connectivity index (χ2n) is 4.98. The van der Waals surface area contributed by atoms with E-state index in [1.807, 2.05) is 13.0 Å². The van der Waals surface area contributed by atoms with E-state index in [1.165, 1.54) is 12.8 Å². The average molecular weight is 235 g/mol. The first-order valence-electron chi connectivity index (χ1n) is 6.44. The standard InChI is InChI=1S/C13H21N3O/c1-11-14-9-6-12(16-11)15-10-13(17)7-4-2-3-5-8-13/h6,9,17H,2-5,7-8,10H2,1H3,(H,14,15,16). The summed E-state index contributed by atoms with van der Waals surface area (Å²) in [4.78, 5) is 8.33. The molecule has 1 aromatic heterocycles. The molecule has 17 heavy (non-hydrogen) atoms. The topological polar surface area (TPSA) is 58.0 Å². The molecule has 0 aromatic carbocycles. The molecule has 0 bridgehead atoms. The SMILES string of the molecule is Cc1nccc(NCC2(O)CCCCCC2)n1. The maximum absolute atomic E-state index is 10.5. The highest BCUT2D eigenvalue weighted by Gasteiger charge is 2.27. The Balaban J connectivity index is 1.92. The zero-order valence-corrected chi connectivity index (χ0v) is 10.4. The highest BCUT2D eigenvalue weighted by molar-refractivity contribution is 5.33. The first-order chi connectivity index (χ1) is 8.18. The van der Waals surface area contributed by atoms with Gasteiger partial charge < -0.3 is 10.4 Å². The molecule has 1 aliphatic carbocycles. The van der Waals surface area contributed by atoms with E-state index in [1.54, 1.807) is 6.20 Å². The molecule has 0 aliphatic heterocycles. The van der Waals surface area contributed by atoms with Gasteiger partial charge in [0.05, 0.1) is 5.60 Å². The van der Waals surface area contributed by atoms with Gasteiger partial charge in [-0.25, -0.2) is 9.97 Å². The van der Waals surface area contributed by atoms with Crippen LogP contribution in [0, 0.1) is 6.92 Å². The second-order valence-corrected chi connectivity index (χ2v) is 4.98. The van der Waals surface area contributed by atoms with Crippen molar-refractivity contribution >= 4 is 5.82 Å². The Morgan fingerprint density at radius 3 is 2.65 bits per heavy atom. The van der Waals surface area contributed by atoms with Gasteiger partial charge in [0.1, 0.15) is 11.6 Å². The Morgan fingerprint density at radius 1 is 1.29 bits per heavy atom. The fraction of sp³-hybridized carbons (Fsp3) is 0.692. The lowest BCUT2D eigenvalue weighted by Crippen LogP contribution is -2.36. The summed E-state index contributed by atoms with van der Waals surface area (Å²) in [6.07, 6.45) is 8.27. The van der Waals surface area contributed by atoms with Crippen molar-refractivity contribution in [3.8, 4) is 0 Å². The molecule has 0 atom stereocenters. The van der Waals surface area contributed by atoms with Gasteiger partial charge in [-0.05, 0) is 25.8 Å². The number of anilines is 1. The van der Waals surface area contributed by atoms with Gasteiger partial charge in [0, 0.05) is 12.7 Å². The molecular formula is C13H21N3O. The van der Waals surface area contributed by atoms with Crippen molar-refractivity contribution in [3.63, 3.8) is 0 Å². The van der Waals surface area contributed by atoms with Crippen LogP contribution in [-0.4, -0.2) is 27.2 Å². The van der Waals surface area contributed by atoms with Crippen molar-refractivity contribution in [2.24, 2.45) is 0 Å². The summed E-state index contributed by atoms with van der Waals surface area (Å²) in [6, 6.07) is 1.84. The summed E-state index contributed by atoms with van der Waals surface area (Å²) in [7, 11) is 0. The van der Waals surface area contributed by atoms with Crippen molar-refractivity contribution in [1.29, 1.82) is 0 Å². The van der Waals surface area contributed by atoms with E-state index in [2.05, 4.69) is 15.3 Å². The number of hydrogen-bond acceptors (Lipinski definition) is 4. The number of rotatable bonds is 3. The summed E-state index contributed by atoms with van der Waals surface area (Å²) in [6.45, 7) is 2.45. The van der Waals surface area contributed by atoms with E-state index in [0.29, 0.717) is 6.54 Å². The molecule has 2 N–H and O–H groups in total. The first kappa shape index (κ1) is 12.3. The number of aromatic nitrogens is 2. The van der Waals surface area contributed by atoms with Gasteiger partial charge in [0.2, 0.25) is 0 Å². The van der Waals surface area contributed by atoms with E-state index in [9.17, 15) is 5.11 Å². The van der Waals surface area contributed by atoms with Crippen LogP contribution in [0.2, 0.25) is 0 Å². The van der Waals surface area contributed by atoms with Gasteiger partial charge in [-0.1, -0.05) is 25.7 Å². The molecule has 94 valence electrons. The molecule has 0 radical (unpaired) electrons. The lowest BCUT2D eigenvalue weighted by Gasteiger charge is -2.27. The zero-order chi connectivity index (χ0) is 12.1. The molecule has 2 rings (SSSR count). The molecule has 1 fully saturated rings. The quantitative estimate of drug-likeness (QED) is 0.789. The highest BCUT2D eigenvalue weighted by atomic mass is 16.3. The van der Waals surface area contributed by atoms with E-state index < -0.39 is 5.60 Å². The summed E-state index contributed by atoms with van der Waals surface area (Å²) >= 11 is 0. The van der Waals surface area contributed by atoms with Crippen LogP contribution in [-0.2, 0) is 0 Å². The molecule has 4 nitrogen and oxygen atoms in total. The Bertz CT molecular complexity index is 359. The molecule has 1 aromatic rings. The van der Waals surface area contributed by atoms with Gasteiger partial charge in [-0.15, -0.1) is 0 Å². The third-order valence-electron chi connectivity index (χ3n) is 3.41. The predicted octanol–water partition coefficient (Wildman–Crippen LogP) is 2.28. The minimum absolute atomic E-state index is 0.560. The van der Waals surface area contributed by atoms with Crippen molar-refractivity contribution < 1.29 is 5.11 Å². The van der Waals surface area contributed by atoms with Crippen LogP contribution < -0.4 is 5.32 Å². The van der Waals surface area contributed by atoms with Crippen molar-refractivity contribution in [2.75, 3.05) is 11.9 Å². The summed E-state index contributed by atoms with van der Waals surface area (Å²) in [5.41, 5.74) is -0.560. The van der Waals surface area contributed by atoms with Crippen LogP contribution in [0.5, 0.6) is 0 Å². The molecule has 1 saturated carbocycles. The van der Waals surface area contributed by atoms with Crippen LogP contribution in [0.3, 0.4) is 0 Å². The smallest absolute Gasteiger partial charge is 0.129 e. The van der Waals surface area contributed by atoms with E-state index >= 15 is 0 Å². The van der Waals surface area contributed by atoms with Crippen LogP contribution in [0.1, 0.15) is 44.3 Å². The summed E-state index contributed by atoms with van der Waals surface area (Å²) < 4.78 is 0. The summed E-state index contributed by atoms with van der Waals surface area (Å²) in [5.74, 6) is 1.55. The number of aliphatic hydroxyl groups is 1. The fourth-order valence-corrected chi connectivity index (χ4v) is 2.37. The van der Waals surface area contributed by atoms with Gasteiger partial charge in [0.15, 0.2) is 0 Å². The number of nitrogens with zero attached hydrogens (tertiary/aromatic N) is 2.